The van der Waals surface area contributed by atoms with Gasteiger partial charge in [-0.2, -0.15) is 0 Å². The number of allylic oxidation sites excluding steroid dienone is 2. The first-order chi connectivity index (χ1) is 7.16. The first kappa shape index (κ1) is 10.8. The van der Waals surface area contributed by atoms with Gasteiger partial charge in [-0.05, 0) is 26.3 Å². The molecule has 0 N–H and O–H groups in total. The number of carbonyl (C=O) groups excluding carboxylic acids is 1. The Bertz CT molecular complexity index is 316. The maximum atomic E-state index is 11.7. The molecule has 2 rings (SSSR count). The third-order valence-corrected chi connectivity index (χ3v) is 4.27. The smallest absolute Gasteiger partial charge is 0.319 e. The molecule has 2 nitrogen and oxygen atoms in total. The second-order valence-corrected chi connectivity index (χ2v) is 5.68. The van der Waals surface area contributed by atoms with Gasteiger partial charge in [-0.1, -0.05) is 17.7 Å². The van der Waals surface area contributed by atoms with Crippen molar-refractivity contribution in [2.24, 2.45) is 5.92 Å². The van der Waals surface area contributed by atoms with Gasteiger partial charge < -0.3 is 4.74 Å². The van der Waals surface area contributed by atoms with Crippen LogP contribution in [0.1, 0.15) is 20.3 Å². The lowest BCUT2D eigenvalue weighted by Gasteiger charge is -2.15. The number of esters is 1. The van der Waals surface area contributed by atoms with Crippen molar-refractivity contribution in [1.29, 1.82) is 0 Å². The molecule has 0 amide bonds. The molecule has 1 aliphatic carbocycles. The highest BCUT2D eigenvalue weighted by atomic mass is 32.2. The van der Waals surface area contributed by atoms with Crippen LogP contribution in [0.15, 0.2) is 23.8 Å². The summed E-state index contributed by atoms with van der Waals surface area (Å²) in [5.74, 6) is 0.369. The molecule has 15 heavy (non-hydrogen) atoms. The van der Waals surface area contributed by atoms with Crippen molar-refractivity contribution in [2.75, 3.05) is 6.61 Å². The SMILES string of the molecule is CC(C)=CCOC(=O)C1SC2C=CC1C2. The molecule has 1 fully saturated rings. The van der Waals surface area contributed by atoms with Gasteiger partial charge in [0.25, 0.3) is 0 Å². The van der Waals surface area contributed by atoms with Crippen molar-refractivity contribution < 1.29 is 9.53 Å². The average molecular weight is 224 g/mol. The van der Waals surface area contributed by atoms with E-state index in [2.05, 4.69) is 12.2 Å². The molecule has 3 heteroatoms. The monoisotopic (exact) mass is 224 g/mol. The van der Waals surface area contributed by atoms with E-state index >= 15 is 0 Å². The summed E-state index contributed by atoms with van der Waals surface area (Å²) in [6, 6.07) is 0. The van der Waals surface area contributed by atoms with Crippen molar-refractivity contribution in [2.45, 2.75) is 30.8 Å². The average Bonchev–Trinajstić information content (AvgIpc) is 2.77. The minimum absolute atomic E-state index is 0.0468. The van der Waals surface area contributed by atoms with Gasteiger partial charge >= 0.3 is 5.97 Å². The zero-order chi connectivity index (χ0) is 10.8. The Kier molecular flexibility index (Phi) is 3.19. The van der Waals surface area contributed by atoms with Crippen molar-refractivity contribution in [3.8, 4) is 0 Å². The van der Waals surface area contributed by atoms with Crippen LogP contribution in [-0.2, 0) is 9.53 Å². The van der Waals surface area contributed by atoms with E-state index in [1.54, 1.807) is 11.8 Å². The Morgan fingerprint density at radius 1 is 1.53 bits per heavy atom. The summed E-state index contributed by atoms with van der Waals surface area (Å²) >= 11 is 1.75. The van der Waals surface area contributed by atoms with Crippen LogP contribution in [0.3, 0.4) is 0 Å². The number of rotatable bonds is 3. The zero-order valence-corrected chi connectivity index (χ0v) is 9.92. The van der Waals surface area contributed by atoms with Gasteiger partial charge in [0, 0.05) is 11.2 Å². The van der Waals surface area contributed by atoms with E-state index in [1.807, 2.05) is 19.9 Å². The molecule has 2 aliphatic rings. The first-order valence-corrected chi connectivity index (χ1v) is 6.25. The summed E-state index contributed by atoms with van der Waals surface area (Å²) in [7, 11) is 0. The molecule has 0 aromatic carbocycles. The third-order valence-electron chi connectivity index (χ3n) is 2.74. The van der Waals surface area contributed by atoms with E-state index in [-0.39, 0.29) is 11.2 Å². The molecule has 0 spiro atoms. The van der Waals surface area contributed by atoms with Gasteiger partial charge in [-0.25, -0.2) is 0 Å². The fourth-order valence-corrected chi connectivity index (χ4v) is 3.38. The fourth-order valence-electron chi connectivity index (χ4n) is 1.91. The number of ether oxygens (including phenoxy) is 1. The van der Waals surface area contributed by atoms with Crippen LogP contribution in [0, 0.1) is 5.92 Å². The Labute approximate surface area is 94.8 Å². The molecule has 1 heterocycles. The molecule has 0 aromatic rings. The van der Waals surface area contributed by atoms with Crippen molar-refractivity contribution >= 4 is 17.7 Å². The Morgan fingerprint density at radius 3 is 2.87 bits per heavy atom. The molecule has 0 saturated carbocycles. The molecule has 2 bridgehead atoms. The second-order valence-electron chi connectivity index (χ2n) is 4.29. The molecule has 0 aromatic heterocycles. The normalized spacial score (nSPS) is 31.7. The number of carbonyl (C=O) groups is 1. The summed E-state index contributed by atoms with van der Waals surface area (Å²) in [5.41, 5.74) is 1.18. The van der Waals surface area contributed by atoms with Crippen LogP contribution in [0.4, 0.5) is 0 Å². The van der Waals surface area contributed by atoms with Crippen molar-refractivity contribution in [3.63, 3.8) is 0 Å². The van der Waals surface area contributed by atoms with E-state index in [0.717, 1.165) is 6.42 Å². The summed E-state index contributed by atoms with van der Waals surface area (Å²) in [6.07, 6.45) is 7.42. The van der Waals surface area contributed by atoms with E-state index in [9.17, 15) is 4.79 Å². The number of fused-ring (bicyclic) bond motifs is 2. The number of hydrogen-bond acceptors (Lipinski definition) is 3. The van der Waals surface area contributed by atoms with Gasteiger partial charge in [-0.15, -0.1) is 11.8 Å². The molecular formula is C12H16O2S. The van der Waals surface area contributed by atoms with Crippen LogP contribution >= 0.6 is 11.8 Å². The van der Waals surface area contributed by atoms with Crippen LogP contribution in [0.5, 0.6) is 0 Å². The minimum atomic E-state index is -0.0469. The maximum Gasteiger partial charge on any atom is 0.319 e. The highest BCUT2D eigenvalue weighted by molar-refractivity contribution is 8.01. The highest BCUT2D eigenvalue weighted by Crippen LogP contribution is 2.45. The minimum Gasteiger partial charge on any atom is -0.461 e. The van der Waals surface area contributed by atoms with Gasteiger partial charge in [0.05, 0.1) is 0 Å². The first-order valence-electron chi connectivity index (χ1n) is 5.30. The van der Waals surface area contributed by atoms with Gasteiger partial charge in [0.2, 0.25) is 0 Å². The Balaban J connectivity index is 1.82. The van der Waals surface area contributed by atoms with Crippen LogP contribution in [0.25, 0.3) is 0 Å². The van der Waals surface area contributed by atoms with Gasteiger partial charge in [0.15, 0.2) is 0 Å². The predicted octanol–water partition coefficient (Wildman–Crippen LogP) is 2.56. The quantitative estimate of drug-likeness (QED) is 0.544. The summed E-state index contributed by atoms with van der Waals surface area (Å²) in [4.78, 5) is 11.7. The van der Waals surface area contributed by atoms with E-state index < -0.39 is 0 Å². The summed E-state index contributed by atoms with van der Waals surface area (Å²) < 4.78 is 5.22. The summed E-state index contributed by atoms with van der Waals surface area (Å²) in [6.45, 7) is 4.42. The standard InChI is InChI=1S/C12H16O2S/c1-8(2)5-6-14-12(13)11-9-3-4-10(7-9)15-11/h3-5,9-11H,6-7H2,1-2H3. The zero-order valence-electron chi connectivity index (χ0n) is 9.10. The Morgan fingerprint density at radius 2 is 2.33 bits per heavy atom. The van der Waals surface area contributed by atoms with Crippen LogP contribution in [-0.4, -0.2) is 23.1 Å². The lowest BCUT2D eigenvalue weighted by Crippen LogP contribution is -2.24. The molecular weight excluding hydrogens is 208 g/mol. The second kappa shape index (κ2) is 4.44. The van der Waals surface area contributed by atoms with Crippen molar-refractivity contribution in [1.82, 2.24) is 0 Å². The predicted molar refractivity (Wildman–Crippen MR) is 62.8 cm³/mol. The van der Waals surface area contributed by atoms with E-state index in [4.69, 9.17) is 4.74 Å². The lowest BCUT2D eigenvalue weighted by atomic mass is 10.1. The van der Waals surface area contributed by atoms with Crippen LogP contribution < -0.4 is 0 Å². The maximum absolute atomic E-state index is 11.7. The molecule has 1 saturated heterocycles. The van der Waals surface area contributed by atoms with Gasteiger partial charge in [0.1, 0.15) is 11.9 Å². The molecule has 3 unspecified atom stereocenters. The molecule has 0 radical (unpaired) electrons. The lowest BCUT2D eigenvalue weighted by molar-refractivity contribution is -0.142. The fraction of sp³-hybridized carbons (Fsp3) is 0.583. The van der Waals surface area contributed by atoms with Gasteiger partial charge in [-0.3, -0.25) is 4.79 Å². The third kappa shape index (κ3) is 2.46. The topological polar surface area (TPSA) is 26.3 Å². The van der Waals surface area contributed by atoms with Crippen LogP contribution in [0.2, 0.25) is 0 Å². The largest absolute Gasteiger partial charge is 0.461 e. The number of thioether (sulfide) groups is 1. The molecule has 3 atom stereocenters. The Hall–Kier alpha value is -0.700. The van der Waals surface area contributed by atoms with E-state index in [1.165, 1.54) is 5.57 Å². The van der Waals surface area contributed by atoms with E-state index in [0.29, 0.717) is 17.8 Å². The molecule has 82 valence electrons. The summed E-state index contributed by atoms with van der Waals surface area (Å²) in [5, 5.41) is 0.599. The van der Waals surface area contributed by atoms with Crippen molar-refractivity contribution in [3.05, 3.63) is 23.8 Å². The molecule has 1 aliphatic heterocycles. The highest BCUT2D eigenvalue weighted by Gasteiger charge is 2.41. The number of hydrogen-bond donors (Lipinski definition) is 0.